The summed E-state index contributed by atoms with van der Waals surface area (Å²) in [7, 11) is -4.13. The fraction of sp³-hybridized carbons (Fsp3) is 0.286. The molecule has 164 valence electrons. The van der Waals surface area contributed by atoms with Crippen LogP contribution in [0.5, 0.6) is 5.75 Å². The molecular formula is C21H19F3N2O4S. The first kappa shape index (κ1) is 21.4. The minimum atomic E-state index is -5.21. The van der Waals surface area contributed by atoms with Crippen LogP contribution in [0.15, 0.2) is 59.6 Å². The summed E-state index contributed by atoms with van der Waals surface area (Å²) in [5.41, 5.74) is 0.733. The van der Waals surface area contributed by atoms with E-state index in [9.17, 15) is 26.4 Å². The zero-order valence-electron chi connectivity index (χ0n) is 16.3. The second-order valence-corrected chi connectivity index (χ2v) is 9.10. The van der Waals surface area contributed by atoms with Crippen molar-refractivity contribution in [3.8, 4) is 5.75 Å². The predicted octanol–water partition coefficient (Wildman–Crippen LogP) is 3.94. The first-order valence-electron chi connectivity index (χ1n) is 9.63. The van der Waals surface area contributed by atoms with Crippen molar-refractivity contribution in [1.82, 2.24) is 8.87 Å². The third kappa shape index (κ3) is 4.17. The second kappa shape index (κ2) is 8.01. The maximum Gasteiger partial charge on any atom is 0.491 e. The number of esters is 1. The number of ether oxygens (including phenoxy) is 1. The number of nitrogens with zero attached hydrogens (tertiary/aromatic N) is 2. The van der Waals surface area contributed by atoms with Gasteiger partial charge >= 0.3 is 12.1 Å². The van der Waals surface area contributed by atoms with Crippen molar-refractivity contribution in [3.63, 3.8) is 0 Å². The minimum absolute atomic E-state index is 0.0365. The number of hydrogen-bond donors (Lipinski definition) is 0. The Kier molecular flexibility index (Phi) is 5.52. The van der Waals surface area contributed by atoms with E-state index in [-0.39, 0.29) is 15.8 Å². The first-order valence-corrected chi connectivity index (χ1v) is 11.1. The zero-order valence-corrected chi connectivity index (χ0v) is 17.1. The number of benzene rings is 2. The number of carbonyl (C=O) groups excluding carboxylic acids is 1. The molecule has 6 nitrogen and oxygen atoms in total. The maximum atomic E-state index is 13.2. The van der Waals surface area contributed by atoms with Gasteiger partial charge in [0.05, 0.1) is 16.6 Å². The summed E-state index contributed by atoms with van der Waals surface area (Å²) in [6, 6.07) is 12.3. The monoisotopic (exact) mass is 452 g/mol. The van der Waals surface area contributed by atoms with Crippen LogP contribution >= 0.6 is 0 Å². The van der Waals surface area contributed by atoms with Crippen LogP contribution in [0.2, 0.25) is 0 Å². The Morgan fingerprint density at radius 2 is 1.68 bits per heavy atom. The summed E-state index contributed by atoms with van der Waals surface area (Å²) in [5.74, 6) is -2.84. The number of alkyl halides is 3. The van der Waals surface area contributed by atoms with Crippen LogP contribution < -0.4 is 4.74 Å². The minimum Gasteiger partial charge on any atom is -0.418 e. The summed E-state index contributed by atoms with van der Waals surface area (Å²) < 4.78 is 70.5. The standard InChI is InChI=1S/C21H19F3N2O4S/c22-21(23,24)20(27)30-18-14-26(31(28,29)16-8-2-1-3-9-16)17-10-6-7-15(19(17)18)13-25-11-4-5-12-25/h1-3,6-10,14H,4-5,11-13H2. The molecule has 0 bridgehead atoms. The van der Waals surface area contributed by atoms with Gasteiger partial charge in [0.25, 0.3) is 10.0 Å². The van der Waals surface area contributed by atoms with Gasteiger partial charge in [-0.3, -0.25) is 4.90 Å². The molecule has 0 aliphatic carbocycles. The Balaban J connectivity index is 1.88. The number of aromatic nitrogens is 1. The van der Waals surface area contributed by atoms with Crippen LogP contribution in [-0.4, -0.2) is 42.5 Å². The summed E-state index contributed by atoms with van der Waals surface area (Å²) in [4.78, 5) is 13.6. The van der Waals surface area contributed by atoms with Crippen LogP contribution in [0.4, 0.5) is 13.2 Å². The van der Waals surface area contributed by atoms with Gasteiger partial charge in [0, 0.05) is 11.9 Å². The molecule has 4 rings (SSSR count). The predicted molar refractivity (Wildman–Crippen MR) is 107 cm³/mol. The molecule has 0 atom stereocenters. The molecule has 0 spiro atoms. The Bertz CT molecular complexity index is 1210. The van der Waals surface area contributed by atoms with Crippen molar-refractivity contribution >= 4 is 26.9 Å². The van der Waals surface area contributed by atoms with E-state index in [4.69, 9.17) is 0 Å². The number of carbonyl (C=O) groups is 1. The molecule has 0 N–H and O–H groups in total. The number of halogens is 3. The van der Waals surface area contributed by atoms with E-state index in [1.807, 2.05) is 0 Å². The normalized spacial score (nSPS) is 15.5. The molecule has 0 amide bonds. The maximum absolute atomic E-state index is 13.2. The van der Waals surface area contributed by atoms with E-state index in [1.165, 1.54) is 18.2 Å². The molecule has 2 heterocycles. The molecular weight excluding hydrogens is 433 g/mol. The van der Waals surface area contributed by atoms with E-state index in [0.29, 0.717) is 12.1 Å². The van der Waals surface area contributed by atoms with Gasteiger partial charge in [-0.05, 0) is 49.7 Å². The molecule has 0 unspecified atom stereocenters. The lowest BCUT2D eigenvalue weighted by atomic mass is 10.1. The van der Waals surface area contributed by atoms with Crippen LogP contribution in [0.1, 0.15) is 18.4 Å². The molecule has 3 aromatic rings. The highest BCUT2D eigenvalue weighted by atomic mass is 32.2. The van der Waals surface area contributed by atoms with Gasteiger partial charge in [-0.25, -0.2) is 17.2 Å². The Hall–Kier alpha value is -2.85. The fourth-order valence-corrected chi connectivity index (χ4v) is 5.12. The smallest absolute Gasteiger partial charge is 0.418 e. The summed E-state index contributed by atoms with van der Waals surface area (Å²) in [6.45, 7) is 2.07. The summed E-state index contributed by atoms with van der Waals surface area (Å²) >= 11 is 0. The lowest BCUT2D eigenvalue weighted by Gasteiger charge is -2.16. The average Bonchev–Trinajstić information content (AvgIpc) is 3.37. The van der Waals surface area contributed by atoms with Gasteiger partial charge in [-0.1, -0.05) is 30.3 Å². The van der Waals surface area contributed by atoms with Crippen LogP contribution in [0.3, 0.4) is 0 Å². The van der Waals surface area contributed by atoms with Crippen molar-refractivity contribution in [3.05, 3.63) is 60.3 Å². The van der Waals surface area contributed by atoms with Gasteiger partial charge in [0.15, 0.2) is 5.75 Å². The molecule has 1 fully saturated rings. The molecule has 1 aliphatic heterocycles. The first-order chi connectivity index (χ1) is 14.7. The Morgan fingerprint density at radius 1 is 1.00 bits per heavy atom. The number of likely N-dealkylation sites (tertiary alicyclic amines) is 1. The fourth-order valence-electron chi connectivity index (χ4n) is 3.75. The van der Waals surface area contributed by atoms with E-state index in [1.54, 1.807) is 30.3 Å². The average molecular weight is 452 g/mol. The molecule has 0 saturated carbocycles. The van der Waals surface area contributed by atoms with Crippen molar-refractivity contribution in [2.24, 2.45) is 0 Å². The van der Waals surface area contributed by atoms with Gasteiger partial charge < -0.3 is 4.74 Å². The van der Waals surface area contributed by atoms with Crippen molar-refractivity contribution < 1.29 is 31.1 Å². The van der Waals surface area contributed by atoms with Crippen LogP contribution in [0, 0.1) is 0 Å². The highest BCUT2D eigenvalue weighted by molar-refractivity contribution is 7.90. The molecule has 1 saturated heterocycles. The lowest BCUT2D eigenvalue weighted by Crippen LogP contribution is -2.28. The van der Waals surface area contributed by atoms with Crippen molar-refractivity contribution in [1.29, 1.82) is 0 Å². The van der Waals surface area contributed by atoms with E-state index in [0.717, 1.165) is 36.1 Å². The number of rotatable bonds is 5. The molecule has 2 aromatic carbocycles. The van der Waals surface area contributed by atoms with Crippen LogP contribution in [-0.2, 0) is 21.4 Å². The molecule has 1 aliphatic rings. The Morgan fingerprint density at radius 3 is 2.32 bits per heavy atom. The molecule has 1 aromatic heterocycles. The van der Waals surface area contributed by atoms with Gasteiger partial charge in [0.2, 0.25) is 0 Å². The molecule has 10 heteroatoms. The zero-order chi connectivity index (χ0) is 22.2. The highest BCUT2D eigenvalue weighted by Gasteiger charge is 2.42. The van der Waals surface area contributed by atoms with E-state index in [2.05, 4.69) is 9.64 Å². The third-order valence-electron chi connectivity index (χ3n) is 5.17. The van der Waals surface area contributed by atoms with Gasteiger partial charge in [-0.15, -0.1) is 0 Å². The highest BCUT2D eigenvalue weighted by Crippen LogP contribution is 2.36. The molecule has 31 heavy (non-hydrogen) atoms. The topological polar surface area (TPSA) is 68.6 Å². The van der Waals surface area contributed by atoms with E-state index < -0.39 is 27.9 Å². The second-order valence-electron chi connectivity index (χ2n) is 7.29. The number of hydrogen-bond acceptors (Lipinski definition) is 5. The van der Waals surface area contributed by atoms with Gasteiger partial charge in [0.1, 0.15) is 0 Å². The third-order valence-corrected chi connectivity index (χ3v) is 6.86. The Labute approximate surface area is 176 Å². The largest absolute Gasteiger partial charge is 0.491 e. The SMILES string of the molecule is O=C(Oc1cn(S(=O)(=O)c2ccccc2)c2cccc(CN3CCCC3)c12)C(F)(F)F. The number of fused-ring (bicyclic) bond motifs is 1. The quantitative estimate of drug-likeness (QED) is 0.549. The van der Waals surface area contributed by atoms with E-state index >= 15 is 0 Å². The van der Waals surface area contributed by atoms with Crippen molar-refractivity contribution in [2.45, 2.75) is 30.5 Å². The lowest BCUT2D eigenvalue weighted by molar-refractivity contribution is -0.189. The molecule has 0 radical (unpaired) electrons. The summed E-state index contributed by atoms with van der Waals surface area (Å²) in [6.07, 6.45) is -2.26. The van der Waals surface area contributed by atoms with Crippen LogP contribution in [0.25, 0.3) is 10.9 Å². The summed E-state index contributed by atoms with van der Waals surface area (Å²) in [5, 5.41) is 0.173. The van der Waals surface area contributed by atoms with Crippen molar-refractivity contribution in [2.75, 3.05) is 13.1 Å². The van der Waals surface area contributed by atoms with Gasteiger partial charge in [-0.2, -0.15) is 13.2 Å².